The average Bonchev–Trinajstić information content (AvgIpc) is 2.45. The van der Waals surface area contributed by atoms with Crippen molar-refractivity contribution in [2.24, 2.45) is 0 Å². The van der Waals surface area contributed by atoms with Crippen LogP contribution in [0.25, 0.3) is 0 Å². The minimum atomic E-state index is -4.41. The summed E-state index contributed by atoms with van der Waals surface area (Å²) in [4.78, 5) is 10.9. The minimum Gasteiger partial charge on any atom is -0.507 e. The number of hydrogen-bond donors (Lipinski definition) is 2. The van der Waals surface area contributed by atoms with Crippen molar-refractivity contribution in [1.82, 2.24) is 0 Å². The standard InChI is InChI=1S/C15H11F3O4/c16-15(17,18)10-2-4-11(5-3-10)22-8-9-1-6-13(19)12(7-9)14(20)21/h1-7,19H,8H2,(H,20,21). The molecule has 0 aliphatic rings. The van der Waals surface area contributed by atoms with Crippen LogP contribution < -0.4 is 4.74 Å². The lowest BCUT2D eigenvalue weighted by molar-refractivity contribution is -0.137. The van der Waals surface area contributed by atoms with Crippen molar-refractivity contribution in [1.29, 1.82) is 0 Å². The van der Waals surface area contributed by atoms with Gasteiger partial charge in [0.1, 0.15) is 23.7 Å². The number of carboxylic acids is 1. The molecule has 2 N–H and O–H groups in total. The summed E-state index contributed by atoms with van der Waals surface area (Å²) in [6, 6.07) is 8.08. The van der Waals surface area contributed by atoms with Crippen LogP contribution in [0.15, 0.2) is 42.5 Å². The normalized spacial score (nSPS) is 11.2. The fourth-order valence-corrected chi connectivity index (χ4v) is 1.75. The second-order valence-corrected chi connectivity index (χ2v) is 4.47. The summed E-state index contributed by atoms with van der Waals surface area (Å²) in [6.07, 6.45) is -4.41. The number of hydrogen-bond acceptors (Lipinski definition) is 3. The summed E-state index contributed by atoms with van der Waals surface area (Å²) in [5, 5.41) is 18.2. The van der Waals surface area contributed by atoms with Crippen LogP contribution in [0.3, 0.4) is 0 Å². The van der Waals surface area contributed by atoms with Crippen molar-refractivity contribution in [2.75, 3.05) is 0 Å². The van der Waals surface area contributed by atoms with E-state index < -0.39 is 17.7 Å². The Kier molecular flexibility index (Phi) is 4.25. The lowest BCUT2D eigenvalue weighted by atomic mass is 10.1. The molecule has 0 radical (unpaired) electrons. The van der Waals surface area contributed by atoms with E-state index in [1.54, 1.807) is 0 Å². The Labute approximate surface area is 123 Å². The third kappa shape index (κ3) is 3.69. The molecule has 0 saturated carbocycles. The van der Waals surface area contributed by atoms with Gasteiger partial charge in [-0.05, 0) is 42.0 Å². The summed E-state index contributed by atoms with van der Waals surface area (Å²) in [7, 11) is 0. The van der Waals surface area contributed by atoms with Gasteiger partial charge >= 0.3 is 12.1 Å². The van der Waals surface area contributed by atoms with E-state index in [0.29, 0.717) is 5.56 Å². The molecule has 2 aromatic carbocycles. The lowest BCUT2D eigenvalue weighted by Crippen LogP contribution is -2.04. The van der Waals surface area contributed by atoms with Gasteiger partial charge in [0.15, 0.2) is 0 Å². The van der Waals surface area contributed by atoms with E-state index in [1.807, 2.05) is 0 Å². The van der Waals surface area contributed by atoms with E-state index in [4.69, 9.17) is 9.84 Å². The van der Waals surface area contributed by atoms with Crippen LogP contribution in [0.1, 0.15) is 21.5 Å². The van der Waals surface area contributed by atoms with Gasteiger partial charge in [-0.2, -0.15) is 13.2 Å². The van der Waals surface area contributed by atoms with Gasteiger partial charge in [0, 0.05) is 0 Å². The van der Waals surface area contributed by atoms with Crippen molar-refractivity contribution >= 4 is 5.97 Å². The van der Waals surface area contributed by atoms with Crippen LogP contribution in [0.5, 0.6) is 11.5 Å². The Morgan fingerprint density at radius 2 is 1.73 bits per heavy atom. The first kappa shape index (κ1) is 15.7. The molecule has 0 atom stereocenters. The quantitative estimate of drug-likeness (QED) is 0.903. The van der Waals surface area contributed by atoms with Gasteiger partial charge in [-0.1, -0.05) is 6.07 Å². The largest absolute Gasteiger partial charge is 0.507 e. The molecule has 2 aromatic rings. The van der Waals surface area contributed by atoms with E-state index in [1.165, 1.54) is 30.3 Å². The van der Waals surface area contributed by atoms with E-state index in [9.17, 15) is 23.1 Å². The molecule has 0 amide bonds. The molecule has 0 aromatic heterocycles. The Bertz CT molecular complexity index is 678. The molecule has 4 nitrogen and oxygen atoms in total. The second-order valence-electron chi connectivity index (χ2n) is 4.47. The molecule has 0 heterocycles. The topological polar surface area (TPSA) is 66.8 Å². The highest BCUT2D eigenvalue weighted by Crippen LogP contribution is 2.30. The van der Waals surface area contributed by atoms with E-state index in [0.717, 1.165) is 12.1 Å². The van der Waals surface area contributed by atoms with Crippen LogP contribution in [0.2, 0.25) is 0 Å². The Balaban J connectivity index is 2.07. The molecule has 22 heavy (non-hydrogen) atoms. The second kappa shape index (κ2) is 5.97. The third-order valence-corrected chi connectivity index (χ3v) is 2.88. The molecule has 2 rings (SSSR count). The lowest BCUT2D eigenvalue weighted by Gasteiger charge is -2.10. The van der Waals surface area contributed by atoms with Crippen LogP contribution in [-0.2, 0) is 12.8 Å². The van der Waals surface area contributed by atoms with Crippen LogP contribution >= 0.6 is 0 Å². The zero-order valence-electron chi connectivity index (χ0n) is 11.1. The number of rotatable bonds is 4. The first-order valence-electron chi connectivity index (χ1n) is 6.12. The first-order chi connectivity index (χ1) is 10.3. The summed E-state index contributed by atoms with van der Waals surface area (Å²) in [5.41, 5.74) is -0.582. The van der Waals surface area contributed by atoms with Gasteiger partial charge < -0.3 is 14.9 Å². The number of aromatic carboxylic acids is 1. The highest BCUT2D eigenvalue weighted by molar-refractivity contribution is 5.90. The Hall–Kier alpha value is -2.70. The highest BCUT2D eigenvalue weighted by Gasteiger charge is 2.30. The molecule has 0 saturated heterocycles. The predicted octanol–water partition coefficient (Wildman–Crippen LogP) is 3.69. The highest BCUT2D eigenvalue weighted by atomic mass is 19.4. The maximum absolute atomic E-state index is 12.4. The summed E-state index contributed by atoms with van der Waals surface area (Å²) < 4.78 is 42.5. The number of ether oxygens (including phenoxy) is 1. The number of aromatic hydroxyl groups is 1. The smallest absolute Gasteiger partial charge is 0.416 e. The average molecular weight is 312 g/mol. The van der Waals surface area contributed by atoms with Gasteiger partial charge in [-0.15, -0.1) is 0 Å². The monoisotopic (exact) mass is 312 g/mol. The number of alkyl halides is 3. The van der Waals surface area contributed by atoms with Crippen LogP contribution in [-0.4, -0.2) is 16.2 Å². The van der Waals surface area contributed by atoms with Crippen molar-refractivity contribution in [3.63, 3.8) is 0 Å². The van der Waals surface area contributed by atoms with Gasteiger partial charge in [0.05, 0.1) is 5.56 Å². The van der Waals surface area contributed by atoms with E-state index in [-0.39, 0.29) is 23.7 Å². The molecule has 0 bridgehead atoms. The van der Waals surface area contributed by atoms with Crippen LogP contribution in [0, 0.1) is 0 Å². The zero-order chi connectivity index (χ0) is 16.3. The fourth-order valence-electron chi connectivity index (χ4n) is 1.75. The maximum Gasteiger partial charge on any atom is 0.416 e. The SMILES string of the molecule is O=C(O)c1cc(COc2ccc(C(F)(F)F)cc2)ccc1O. The molecular weight excluding hydrogens is 301 g/mol. The summed E-state index contributed by atoms with van der Waals surface area (Å²) in [5.74, 6) is -1.43. The van der Waals surface area contributed by atoms with Gasteiger partial charge in [-0.3, -0.25) is 0 Å². The van der Waals surface area contributed by atoms with Crippen molar-refractivity contribution in [3.05, 3.63) is 59.2 Å². The van der Waals surface area contributed by atoms with Crippen LogP contribution in [0.4, 0.5) is 13.2 Å². The van der Waals surface area contributed by atoms with E-state index in [2.05, 4.69) is 0 Å². The Morgan fingerprint density at radius 3 is 2.27 bits per heavy atom. The number of carbonyl (C=O) groups is 1. The molecule has 116 valence electrons. The van der Waals surface area contributed by atoms with E-state index >= 15 is 0 Å². The maximum atomic E-state index is 12.4. The fraction of sp³-hybridized carbons (Fsp3) is 0.133. The molecule has 0 fully saturated rings. The molecule has 0 aliphatic carbocycles. The summed E-state index contributed by atoms with van der Waals surface area (Å²) in [6.45, 7) is -0.0358. The molecule has 0 aliphatic heterocycles. The predicted molar refractivity (Wildman–Crippen MR) is 70.8 cm³/mol. The zero-order valence-corrected chi connectivity index (χ0v) is 11.1. The molecule has 0 unspecified atom stereocenters. The molecule has 0 spiro atoms. The van der Waals surface area contributed by atoms with Crippen molar-refractivity contribution < 1.29 is 32.9 Å². The summed E-state index contributed by atoms with van der Waals surface area (Å²) >= 11 is 0. The number of halogens is 3. The minimum absolute atomic E-state index is 0.0358. The first-order valence-corrected chi connectivity index (χ1v) is 6.12. The number of benzene rings is 2. The van der Waals surface area contributed by atoms with Gasteiger partial charge in [0.25, 0.3) is 0 Å². The molecule has 7 heteroatoms. The number of carboxylic acid groups (broad SMARTS) is 1. The Morgan fingerprint density at radius 1 is 1.09 bits per heavy atom. The number of phenols is 1. The van der Waals surface area contributed by atoms with Gasteiger partial charge in [0.2, 0.25) is 0 Å². The molecular formula is C15H11F3O4. The van der Waals surface area contributed by atoms with Crippen molar-refractivity contribution in [3.8, 4) is 11.5 Å². The third-order valence-electron chi connectivity index (χ3n) is 2.88. The van der Waals surface area contributed by atoms with Crippen molar-refractivity contribution in [2.45, 2.75) is 12.8 Å². The van der Waals surface area contributed by atoms with Gasteiger partial charge in [-0.25, -0.2) is 4.79 Å².